The molecular formula is C12H14N2OS2. The van der Waals surface area contributed by atoms with Crippen molar-refractivity contribution in [2.24, 2.45) is 0 Å². The maximum Gasteiger partial charge on any atom is 0.150 e. The number of hydrogen-bond acceptors (Lipinski definition) is 5. The minimum absolute atomic E-state index is 0.666. The van der Waals surface area contributed by atoms with Crippen molar-refractivity contribution >= 4 is 28.8 Å². The molecule has 0 saturated heterocycles. The highest BCUT2D eigenvalue weighted by molar-refractivity contribution is 8.00. The molecule has 0 atom stereocenters. The summed E-state index contributed by atoms with van der Waals surface area (Å²) in [4.78, 5) is 4.24. The van der Waals surface area contributed by atoms with Crippen LogP contribution in [0.4, 0.5) is 5.69 Å². The van der Waals surface area contributed by atoms with Crippen LogP contribution in [0.2, 0.25) is 0 Å². The van der Waals surface area contributed by atoms with Crippen molar-refractivity contribution in [1.29, 1.82) is 0 Å². The summed E-state index contributed by atoms with van der Waals surface area (Å²) in [5.41, 5.74) is 7.68. The molecule has 2 rings (SSSR count). The van der Waals surface area contributed by atoms with Gasteiger partial charge in [0.2, 0.25) is 0 Å². The maximum absolute atomic E-state index is 5.79. The third-order valence-corrected chi connectivity index (χ3v) is 4.16. The fraction of sp³-hybridized carbons (Fsp3) is 0.250. The molecule has 2 aromatic rings. The molecule has 0 saturated carbocycles. The number of ether oxygens (including phenoxy) is 1. The van der Waals surface area contributed by atoms with Crippen molar-refractivity contribution < 1.29 is 4.74 Å². The van der Waals surface area contributed by atoms with E-state index in [0.29, 0.717) is 6.61 Å². The van der Waals surface area contributed by atoms with Gasteiger partial charge in [0.25, 0.3) is 0 Å². The predicted molar refractivity (Wildman–Crippen MR) is 73.7 cm³/mol. The van der Waals surface area contributed by atoms with Gasteiger partial charge < -0.3 is 10.5 Å². The van der Waals surface area contributed by atoms with Gasteiger partial charge in [0, 0.05) is 28.6 Å². The zero-order valence-corrected chi connectivity index (χ0v) is 11.2. The van der Waals surface area contributed by atoms with Gasteiger partial charge in [-0.1, -0.05) is 11.8 Å². The van der Waals surface area contributed by atoms with E-state index in [2.05, 4.69) is 4.98 Å². The molecule has 0 bridgehead atoms. The first-order valence-electron chi connectivity index (χ1n) is 5.33. The number of anilines is 1. The Hall–Kier alpha value is -1.20. The lowest BCUT2D eigenvalue weighted by molar-refractivity contribution is 0.337. The first-order chi connectivity index (χ1) is 8.29. The van der Waals surface area contributed by atoms with E-state index in [1.807, 2.05) is 36.7 Å². The molecule has 0 aliphatic carbocycles. The number of thioether (sulfide) groups is 1. The molecular weight excluding hydrogens is 252 g/mol. The number of nitrogens with two attached hydrogens (primary N) is 1. The van der Waals surface area contributed by atoms with Crippen LogP contribution in [-0.4, -0.2) is 11.6 Å². The molecule has 0 fully saturated rings. The Balaban J connectivity index is 2.10. The van der Waals surface area contributed by atoms with Crippen LogP contribution in [0.3, 0.4) is 0 Å². The van der Waals surface area contributed by atoms with Gasteiger partial charge in [-0.2, -0.15) is 0 Å². The van der Waals surface area contributed by atoms with Crippen molar-refractivity contribution in [3.8, 4) is 5.75 Å². The van der Waals surface area contributed by atoms with Crippen molar-refractivity contribution in [2.75, 3.05) is 12.3 Å². The van der Waals surface area contributed by atoms with Crippen molar-refractivity contribution in [3.05, 3.63) is 35.3 Å². The first-order valence-corrected chi connectivity index (χ1v) is 7.19. The Morgan fingerprint density at radius 1 is 1.47 bits per heavy atom. The summed E-state index contributed by atoms with van der Waals surface area (Å²) in [5, 5.41) is 1.98. The van der Waals surface area contributed by atoms with Gasteiger partial charge >= 0.3 is 0 Å². The van der Waals surface area contributed by atoms with Crippen LogP contribution in [0.1, 0.15) is 12.5 Å². The number of rotatable bonds is 5. The van der Waals surface area contributed by atoms with Crippen LogP contribution in [-0.2, 0) is 5.75 Å². The number of aromatic nitrogens is 1. The summed E-state index contributed by atoms with van der Waals surface area (Å²) < 4.78 is 6.64. The Morgan fingerprint density at radius 3 is 3.06 bits per heavy atom. The molecule has 2 N–H and O–H groups in total. The molecule has 0 radical (unpaired) electrons. The average molecular weight is 266 g/mol. The standard InChI is InChI=1S/C12H14N2OS2/c1-2-15-11-4-3-10(13)7-9(11)8-17-12-14-5-6-16-12/h3-7H,2,8,13H2,1H3. The van der Waals surface area contributed by atoms with Crippen molar-refractivity contribution in [2.45, 2.75) is 17.0 Å². The van der Waals surface area contributed by atoms with Crippen LogP contribution in [0.15, 0.2) is 34.1 Å². The average Bonchev–Trinajstić information content (AvgIpc) is 2.82. The normalized spacial score (nSPS) is 10.4. The summed E-state index contributed by atoms with van der Waals surface area (Å²) in [7, 11) is 0. The summed E-state index contributed by atoms with van der Waals surface area (Å²) >= 11 is 3.35. The number of thiazole rings is 1. The lowest BCUT2D eigenvalue weighted by atomic mass is 10.2. The van der Waals surface area contributed by atoms with Crippen molar-refractivity contribution in [3.63, 3.8) is 0 Å². The molecule has 1 aromatic carbocycles. The topological polar surface area (TPSA) is 48.1 Å². The van der Waals surface area contributed by atoms with Crippen LogP contribution in [0.25, 0.3) is 0 Å². The first kappa shape index (κ1) is 12.3. The highest BCUT2D eigenvalue weighted by Gasteiger charge is 2.06. The minimum Gasteiger partial charge on any atom is -0.494 e. The highest BCUT2D eigenvalue weighted by Crippen LogP contribution is 2.30. The fourth-order valence-corrected chi connectivity index (χ4v) is 3.05. The van der Waals surface area contributed by atoms with Gasteiger partial charge in [-0.3, -0.25) is 0 Å². The molecule has 17 heavy (non-hydrogen) atoms. The summed E-state index contributed by atoms with van der Waals surface area (Å²) in [6.07, 6.45) is 1.82. The smallest absolute Gasteiger partial charge is 0.150 e. The van der Waals surface area contributed by atoms with E-state index < -0.39 is 0 Å². The zero-order valence-electron chi connectivity index (χ0n) is 9.55. The van der Waals surface area contributed by atoms with Gasteiger partial charge in [0.15, 0.2) is 0 Å². The van der Waals surface area contributed by atoms with Gasteiger partial charge in [-0.15, -0.1) is 11.3 Å². The van der Waals surface area contributed by atoms with E-state index in [1.165, 1.54) is 0 Å². The second-order valence-electron chi connectivity index (χ2n) is 3.39. The Morgan fingerprint density at radius 2 is 2.35 bits per heavy atom. The van der Waals surface area contributed by atoms with Crippen molar-refractivity contribution in [1.82, 2.24) is 4.98 Å². The van der Waals surface area contributed by atoms with E-state index >= 15 is 0 Å². The number of nitrogen functional groups attached to an aromatic ring is 1. The molecule has 0 unspecified atom stereocenters. The zero-order chi connectivity index (χ0) is 12.1. The SMILES string of the molecule is CCOc1ccc(N)cc1CSc1nccs1. The minimum atomic E-state index is 0.666. The van der Waals surface area contributed by atoms with E-state index in [-0.39, 0.29) is 0 Å². The van der Waals surface area contributed by atoms with E-state index in [4.69, 9.17) is 10.5 Å². The second kappa shape index (κ2) is 5.93. The maximum atomic E-state index is 5.79. The van der Waals surface area contributed by atoms with E-state index in [0.717, 1.165) is 27.1 Å². The third-order valence-electron chi connectivity index (χ3n) is 2.15. The summed E-state index contributed by atoms with van der Waals surface area (Å²) in [6.45, 7) is 2.65. The second-order valence-corrected chi connectivity index (χ2v) is 5.50. The predicted octanol–water partition coefficient (Wildman–Crippen LogP) is 3.42. The monoisotopic (exact) mass is 266 g/mol. The Labute approximate surface area is 109 Å². The van der Waals surface area contributed by atoms with Gasteiger partial charge in [0.1, 0.15) is 10.1 Å². The number of benzene rings is 1. The molecule has 5 heteroatoms. The van der Waals surface area contributed by atoms with Gasteiger partial charge in [0.05, 0.1) is 6.61 Å². The van der Waals surface area contributed by atoms with Crippen LogP contribution >= 0.6 is 23.1 Å². The summed E-state index contributed by atoms with van der Waals surface area (Å²) in [5.74, 6) is 1.74. The molecule has 0 amide bonds. The van der Waals surface area contributed by atoms with Crippen LogP contribution < -0.4 is 10.5 Å². The van der Waals surface area contributed by atoms with Crippen LogP contribution in [0, 0.1) is 0 Å². The molecule has 1 aromatic heterocycles. The van der Waals surface area contributed by atoms with E-state index in [1.54, 1.807) is 23.1 Å². The largest absolute Gasteiger partial charge is 0.494 e. The third kappa shape index (κ3) is 3.38. The quantitative estimate of drug-likeness (QED) is 0.665. The molecule has 90 valence electrons. The summed E-state index contributed by atoms with van der Waals surface area (Å²) in [6, 6.07) is 5.75. The fourth-order valence-electron chi connectivity index (χ4n) is 1.43. The molecule has 3 nitrogen and oxygen atoms in total. The molecule has 0 aliphatic heterocycles. The highest BCUT2D eigenvalue weighted by atomic mass is 32.2. The van der Waals surface area contributed by atoms with E-state index in [9.17, 15) is 0 Å². The lowest BCUT2D eigenvalue weighted by Gasteiger charge is -2.10. The Bertz CT molecular complexity index is 471. The number of nitrogens with zero attached hydrogens (tertiary/aromatic N) is 1. The van der Waals surface area contributed by atoms with Crippen LogP contribution in [0.5, 0.6) is 5.75 Å². The molecule has 0 aliphatic rings. The Kier molecular flexibility index (Phi) is 4.28. The number of hydrogen-bond donors (Lipinski definition) is 1. The lowest BCUT2D eigenvalue weighted by Crippen LogP contribution is -1.97. The van der Waals surface area contributed by atoms with Gasteiger partial charge in [-0.05, 0) is 25.1 Å². The molecule has 0 spiro atoms. The van der Waals surface area contributed by atoms with Gasteiger partial charge in [-0.25, -0.2) is 4.98 Å². The molecule has 1 heterocycles.